The summed E-state index contributed by atoms with van der Waals surface area (Å²) in [5.41, 5.74) is 1.08. The number of carbonyl (C=O) groups is 1. The van der Waals surface area contributed by atoms with Gasteiger partial charge in [-0.15, -0.1) is 0 Å². The zero-order chi connectivity index (χ0) is 12.7. The molecule has 0 saturated carbocycles. The normalized spacial score (nSPS) is 10.2. The average molecular weight is 253 g/mol. The van der Waals surface area contributed by atoms with Gasteiger partial charge in [0.2, 0.25) is 0 Å². The van der Waals surface area contributed by atoms with E-state index in [1.54, 1.807) is 25.1 Å². The van der Waals surface area contributed by atoms with Gasteiger partial charge in [0.25, 0.3) is 5.91 Å². The topological polar surface area (TPSA) is 49.3 Å². The summed E-state index contributed by atoms with van der Waals surface area (Å²) in [5, 5.41) is 12.6. The molecule has 17 heavy (non-hydrogen) atoms. The molecule has 94 valence electrons. The van der Waals surface area contributed by atoms with Crippen LogP contribution in [0.3, 0.4) is 0 Å². The molecule has 0 atom stereocenters. The van der Waals surface area contributed by atoms with Gasteiger partial charge < -0.3 is 10.4 Å². The summed E-state index contributed by atoms with van der Waals surface area (Å²) < 4.78 is 0. The van der Waals surface area contributed by atoms with E-state index in [0.717, 1.165) is 24.2 Å². The number of amides is 1. The van der Waals surface area contributed by atoms with E-state index in [2.05, 4.69) is 11.6 Å². The molecule has 1 aromatic carbocycles. The van der Waals surface area contributed by atoms with Gasteiger partial charge in [-0.2, -0.15) is 11.8 Å². The summed E-state index contributed by atoms with van der Waals surface area (Å²) in [7, 11) is 0. The lowest BCUT2D eigenvalue weighted by Crippen LogP contribution is -2.24. The summed E-state index contributed by atoms with van der Waals surface area (Å²) in [6.45, 7) is 2.44. The predicted octanol–water partition coefficient (Wildman–Crippen LogP) is 2.57. The standard InChI is InChI=1S/C13H19NO2S/c1-10-6-5-7-11(12(10)15)13(16)14-8-3-4-9-17-2/h5-7,15H,3-4,8-9H2,1-2H3,(H,14,16). The summed E-state index contributed by atoms with van der Waals surface area (Å²) in [4.78, 5) is 11.8. The Labute approximate surface area is 107 Å². The highest BCUT2D eigenvalue weighted by Crippen LogP contribution is 2.20. The highest BCUT2D eigenvalue weighted by Gasteiger charge is 2.11. The van der Waals surface area contributed by atoms with E-state index >= 15 is 0 Å². The van der Waals surface area contributed by atoms with Crippen LogP contribution in [-0.4, -0.2) is 29.6 Å². The Morgan fingerprint density at radius 1 is 1.41 bits per heavy atom. The molecule has 1 amide bonds. The molecule has 0 aliphatic carbocycles. The number of hydrogen-bond acceptors (Lipinski definition) is 3. The van der Waals surface area contributed by atoms with Crippen molar-refractivity contribution >= 4 is 17.7 Å². The van der Waals surface area contributed by atoms with Gasteiger partial charge in [-0.05, 0) is 43.4 Å². The van der Waals surface area contributed by atoms with E-state index in [1.807, 2.05) is 11.8 Å². The molecule has 1 rings (SSSR count). The third kappa shape index (κ3) is 4.30. The molecular weight excluding hydrogens is 234 g/mol. The van der Waals surface area contributed by atoms with Crippen LogP contribution in [0.1, 0.15) is 28.8 Å². The van der Waals surface area contributed by atoms with Crippen molar-refractivity contribution in [2.75, 3.05) is 18.6 Å². The minimum atomic E-state index is -0.199. The van der Waals surface area contributed by atoms with Crippen LogP contribution in [0.5, 0.6) is 5.75 Å². The van der Waals surface area contributed by atoms with Gasteiger partial charge in [0, 0.05) is 6.54 Å². The number of para-hydroxylation sites is 1. The van der Waals surface area contributed by atoms with Crippen LogP contribution in [0.15, 0.2) is 18.2 Å². The number of phenols is 1. The lowest BCUT2D eigenvalue weighted by atomic mass is 10.1. The lowest BCUT2D eigenvalue weighted by molar-refractivity contribution is 0.0950. The number of rotatable bonds is 6. The number of aromatic hydroxyl groups is 1. The molecule has 0 spiro atoms. The van der Waals surface area contributed by atoms with Gasteiger partial charge in [-0.25, -0.2) is 0 Å². The van der Waals surface area contributed by atoms with E-state index < -0.39 is 0 Å². The van der Waals surface area contributed by atoms with Crippen molar-refractivity contribution in [3.05, 3.63) is 29.3 Å². The fourth-order valence-electron chi connectivity index (χ4n) is 1.51. The Bertz CT molecular complexity index is 380. The fraction of sp³-hybridized carbons (Fsp3) is 0.462. The van der Waals surface area contributed by atoms with Crippen molar-refractivity contribution in [3.63, 3.8) is 0 Å². The van der Waals surface area contributed by atoms with Crippen LogP contribution in [0, 0.1) is 6.92 Å². The smallest absolute Gasteiger partial charge is 0.255 e. The van der Waals surface area contributed by atoms with Crippen molar-refractivity contribution < 1.29 is 9.90 Å². The van der Waals surface area contributed by atoms with Gasteiger partial charge in [-0.3, -0.25) is 4.79 Å². The van der Waals surface area contributed by atoms with Crippen LogP contribution in [0.4, 0.5) is 0 Å². The average Bonchev–Trinajstić information content (AvgIpc) is 2.32. The van der Waals surface area contributed by atoms with E-state index in [0.29, 0.717) is 12.1 Å². The summed E-state index contributed by atoms with van der Waals surface area (Å²) >= 11 is 1.81. The maximum atomic E-state index is 11.8. The number of aryl methyl sites for hydroxylation is 1. The predicted molar refractivity (Wildman–Crippen MR) is 72.8 cm³/mol. The Morgan fingerprint density at radius 3 is 2.88 bits per heavy atom. The van der Waals surface area contributed by atoms with Crippen LogP contribution in [-0.2, 0) is 0 Å². The van der Waals surface area contributed by atoms with Crippen molar-refractivity contribution in [1.82, 2.24) is 5.32 Å². The second-order valence-corrected chi connectivity index (χ2v) is 4.91. The first-order valence-corrected chi connectivity index (χ1v) is 7.12. The van der Waals surface area contributed by atoms with Crippen molar-refractivity contribution in [1.29, 1.82) is 0 Å². The molecule has 0 saturated heterocycles. The zero-order valence-corrected chi connectivity index (χ0v) is 11.1. The SMILES string of the molecule is CSCCCCNC(=O)c1cccc(C)c1O. The fourth-order valence-corrected chi connectivity index (χ4v) is 2.00. The summed E-state index contributed by atoms with van der Waals surface area (Å²) in [6.07, 6.45) is 4.14. The number of phenolic OH excluding ortho intramolecular Hbond substituents is 1. The molecule has 0 bridgehead atoms. The maximum absolute atomic E-state index is 11.8. The highest BCUT2D eigenvalue weighted by molar-refractivity contribution is 7.98. The molecule has 0 radical (unpaired) electrons. The molecule has 0 unspecified atom stereocenters. The van der Waals surface area contributed by atoms with Gasteiger partial charge in [0.1, 0.15) is 5.75 Å². The van der Waals surface area contributed by atoms with Crippen LogP contribution in [0.2, 0.25) is 0 Å². The first-order valence-electron chi connectivity index (χ1n) is 5.72. The number of nitrogens with one attached hydrogen (secondary N) is 1. The number of unbranched alkanes of at least 4 members (excludes halogenated alkanes) is 1. The number of hydrogen-bond donors (Lipinski definition) is 2. The van der Waals surface area contributed by atoms with E-state index in [9.17, 15) is 9.90 Å². The Morgan fingerprint density at radius 2 is 2.18 bits per heavy atom. The molecule has 2 N–H and O–H groups in total. The van der Waals surface area contributed by atoms with Crippen molar-refractivity contribution in [2.24, 2.45) is 0 Å². The van der Waals surface area contributed by atoms with Crippen LogP contribution >= 0.6 is 11.8 Å². The van der Waals surface area contributed by atoms with E-state index in [1.165, 1.54) is 0 Å². The molecule has 4 heteroatoms. The van der Waals surface area contributed by atoms with E-state index in [-0.39, 0.29) is 11.7 Å². The molecule has 0 aliphatic rings. The van der Waals surface area contributed by atoms with Crippen LogP contribution in [0.25, 0.3) is 0 Å². The van der Waals surface area contributed by atoms with Gasteiger partial charge in [0.05, 0.1) is 5.56 Å². The van der Waals surface area contributed by atoms with Gasteiger partial charge >= 0.3 is 0 Å². The van der Waals surface area contributed by atoms with Gasteiger partial charge in [0.15, 0.2) is 0 Å². The number of benzene rings is 1. The summed E-state index contributed by atoms with van der Waals surface area (Å²) in [6, 6.07) is 5.20. The third-order valence-electron chi connectivity index (χ3n) is 2.54. The lowest BCUT2D eigenvalue weighted by Gasteiger charge is -2.08. The molecule has 0 aromatic heterocycles. The Hall–Kier alpha value is -1.16. The highest BCUT2D eigenvalue weighted by atomic mass is 32.2. The molecule has 0 aliphatic heterocycles. The Kier molecular flexibility index (Phi) is 5.91. The number of thioether (sulfide) groups is 1. The quantitative estimate of drug-likeness (QED) is 0.766. The zero-order valence-electron chi connectivity index (χ0n) is 10.3. The minimum absolute atomic E-state index is 0.0779. The van der Waals surface area contributed by atoms with Crippen molar-refractivity contribution in [3.8, 4) is 5.75 Å². The van der Waals surface area contributed by atoms with Crippen LogP contribution < -0.4 is 5.32 Å². The maximum Gasteiger partial charge on any atom is 0.255 e. The van der Waals surface area contributed by atoms with Crippen molar-refractivity contribution in [2.45, 2.75) is 19.8 Å². The van der Waals surface area contributed by atoms with E-state index in [4.69, 9.17) is 0 Å². The summed E-state index contributed by atoms with van der Waals surface area (Å²) in [5.74, 6) is 0.996. The minimum Gasteiger partial charge on any atom is -0.507 e. The first kappa shape index (κ1) is 13.9. The second kappa shape index (κ2) is 7.22. The third-order valence-corrected chi connectivity index (χ3v) is 3.24. The monoisotopic (exact) mass is 253 g/mol. The van der Waals surface area contributed by atoms with Gasteiger partial charge in [-0.1, -0.05) is 12.1 Å². The second-order valence-electron chi connectivity index (χ2n) is 3.93. The molecule has 1 aromatic rings. The first-order chi connectivity index (χ1) is 8.16. The Balaban J connectivity index is 2.44. The molecular formula is C13H19NO2S. The molecule has 3 nitrogen and oxygen atoms in total. The molecule has 0 fully saturated rings. The largest absolute Gasteiger partial charge is 0.507 e. The molecule has 0 heterocycles. The number of carbonyl (C=O) groups excluding carboxylic acids is 1.